The second-order valence-corrected chi connectivity index (χ2v) is 7.35. The van der Waals surface area contributed by atoms with Crippen LogP contribution in [0.5, 0.6) is 0 Å². The number of furan rings is 1. The third-order valence-electron chi connectivity index (χ3n) is 5.03. The van der Waals surface area contributed by atoms with Crippen molar-refractivity contribution in [3.63, 3.8) is 0 Å². The van der Waals surface area contributed by atoms with E-state index in [0.29, 0.717) is 21.6 Å². The summed E-state index contributed by atoms with van der Waals surface area (Å²) in [5, 5.41) is 11.4. The summed E-state index contributed by atoms with van der Waals surface area (Å²) in [6.07, 6.45) is 1.39. The first-order chi connectivity index (χ1) is 14.9. The van der Waals surface area contributed by atoms with Gasteiger partial charge in [0.15, 0.2) is 0 Å². The number of ketones is 1. The monoisotopic (exact) mass is 437 g/mol. The minimum absolute atomic E-state index is 0.0271. The minimum Gasteiger partial charge on any atom is -0.507 e. The molecule has 1 saturated heterocycles. The van der Waals surface area contributed by atoms with E-state index in [2.05, 4.69) is 9.97 Å². The molecule has 1 amide bonds. The summed E-state index contributed by atoms with van der Waals surface area (Å²) in [5.74, 6) is -2.38. The van der Waals surface area contributed by atoms with Gasteiger partial charge in [-0.15, -0.1) is 0 Å². The topological polar surface area (TPSA) is 99.4 Å². The Kier molecular flexibility index (Phi) is 4.37. The van der Waals surface area contributed by atoms with Crippen LogP contribution in [0.3, 0.4) is 0 Å². The van der Waals surface area contributed by atoms with Crippen LogP contribution in [0.4, 0.5) is 10.3 Å². The molecule has 31 heavy (non-hydrogen) atoms. The highest BCUT2D eigenvalue weighted by Crippen LogP contribution is 2.41. The Morgan fingerprint density at radius 2 is 1.94 bits per heavy atom. The first-order valence-corrected chi connectivity index (χ1v) is 9.57. The molecule has 1 fully saturated rings. The molecular weight excluding hydrogens is 425 g/mol. The molecule has 2 aromatic carbocycles. The molecule has 7 nitrogen and oxygen atoms in total. The third kappa shape index (κ3) is 3.08. The molecule has 0 saturated carbocycles. The number of fused-ring (bicyclic) bond motifs is 1. The summed E-state index contributed by atoms with van der Waals surface area (Å²) in [6, 6.07) is 12.2. The molecule has 4 aromatic rings. The molecule has 1 aliphatic rings. The molecule has 3 heterocycles. The average molecular weight is 438 g/mol. The van der Waals surface area contributed by atoms with Gasteiger partial charge in [-0.05, 0) is 54.6 Å². The zero-order chi connectivity index (χ0) is 21.7. The molecule has 5 rings (SSSR count). The number of carbonyl (C=O) groups excluding carboxylic acids is 2. The lowest BCUT2D eigenvalue weighted by molar-refractivity contribution is -0.132. The van der Waals surface area contributed by atoms with E-state index in [1.807, 2.05) is 0 Å². The van der Waals surface area contributed by atoms with Crippen LogP contribution in [-0.2, 0) is 9.59 Å². The van der Waals surface area contributed by atoms with E-state index in [1.165, 1.54) is 36.6 Å². The lowest BCUT2D eigenvalue weighted by Gasteiger charge is -2.20. The quantitative estimate of drug-likeness (QED) is 0.278. The predicted octanol–water partition coefficient (Wildman–Crippen LogP) is 4.57. The first kappa shape index (κ1) is 19.1. The maximum atomic E-state index is 13.6. The summed E-state index contributed by atoms with van der Waals surface area (Å²) in [7, 11) is 0. The van der Waals surface area contributed by atoms with Crippen LogP contribution in [0.2, 0.25) is 5.02 Å². The number of carbonyl (C=O) groups is 2. The van der Waals surface area contributed by atoms with Gasteiger partial charge in [-0.2, -0.15) is 0 Å². The Bertz CT molecular complexity index is 1360. The van der Waals surface area contributed by atoms with Crippen molar-refractivity contribution in [3.05, 3.63) is 88.6 Å². The van der Waals surface area contributed by atoms with Gasteiger partial charge in [0.1, 0.15) is 23.4 Å². The molecular formula is C22H13ClFN3O4. The molecule has 0 spiro atoms. The van der Waals surface area contributed by atoms with E-state index in [1.54, 1.807) is 24.3 Å². The van der Waals surface area contributed by atoms with Crippen LogP contribution in [0.15, 0.2) is 70.9 Å². The van der Waals surface area contributed by atoms with Gasteiger partial charge in [0.05, 0.1) is 22.9 Å². The molecule has 0 radical (unpaired) electrons. The number of benzene rings is 2. The SMILES string of the molecule is O=C1C(=O)N(c2nc3ccc(F)cc3[nH]2)C(c2ccco2)/C1=C(\O)c1ccc(Cl)cc1. The van der Waals surface area contributed by atoms with Crippen molar-refractivity contribution in [2.75, 3.05) is 4.90 Å². The number of aliphatic hydroxyl groups excluding tert-OH is 1. The number of amides is 1. The van der Waals surface area contributed by atoms with E-state index in [9.17, 15) is 19.1 Å². The maximum Gasteiger partial charge on any atom is 0.302 e. The molecule has 1 aliphatic heterocycles. The van der Waals surface area contributed by atoms with Crippen LogP contribution < -0.4 is 4.90 Å². The van der Waals surface area contributed by atoms with Crippen LogP contribution in [0, 0.1) is 5.82 Å². The van der Waals surface area contributed by atoms with Crippen molar-refractivity contribution in [3.8, 4) is 0 Å². The Balaban J connectivity index is 1.71. The van der Waals surface area contributed by atoms with Gasteiger partial charge in [-0.3, -0.25) is 14.5 Å². The highest BCUT2D eigenvalue weighted by Gasteiger charge is 2.49. The number of anilines is 1. The number of nitrogens with zero attached hydrogens (tertiary/aromatic N) is 2. The Morgan fingerprint density at radius 3 is 2.65 bits per heavy atom. The molecule has 9 heteroatoms. The van der Waals surface area contributed by atoms with Crippen molar-refractivity contribution in [1.82, 2.24) is 9.97 Å². The summed E-state index contributed by atoms with van der Waals surface area (Å²) < 4.78 is 19.1. The number of hydrogen-bond donors (Lipinski definition) is 2. The highest BCUT2D eigenvalue weighted by molar-refractivity contribution is 6.51. The van der Waals surface area contributed by atoms with Crippen molar-refractivity contribution in [2.24, 2.45) is 0 Å². The average Bonchev–Trinajstić information content (AvgIpc) is 3.47. The lowest BCUT2D eigenvalue weighted by Crippen LogP contribution is -2.30. The molecule has 154 valence electrons. The fraction of sp³-hybridized carbons (Fsp3) is 0.0455. The summed E-state index contributed by atoms with van der Waals surface area (Å²) in [5.41, 5.74) is 0.918. The van der Waals surface area contributed by atoms with Crippen LogP contribution in [0.1, 0.15) is 17.4 Å². The van der Waals surface area contributed by atoms with E-state index >= 15 is 0 Å². The second kappa shape index (κ2) is 7.10. The third-order valence-corrected chi connectivity index (χ3v) is 5.29. The fourth-order valence-electron chi connectivity index (χ4n) is 3.61. The van der Waals surface area contributed by atoms with E-state index in [0.717, 1.165) is 4.90 Å². The second-order valence-electron chi connectivity index (χ2n) is 6.91. The number of aliphatic hydroxyl groups is 1. The molecule has 0 bridgehead atoms. The highest BCUT2D eigenvalue weighted by atomic mass is 35.5. The lowest BCUT2D eigenvalue weighted by atomic mass is 9.99. The van der Waals surface area contributed by atoms with Gasteiger partial charge < -0.3 is 14.5 Å². The summed E-state index contributed by atoms with van der Waals surface area (Å²) >= 11 is 5.91. The van der Waals surface area contributed by atoms with Crippen LogP contribution in [-0.4, -0.2) is 26.8 Å². The zero-order valence-corrected chi connectivity index (χ0v) is 16.4. The normalized spacial score (nSPS) is 18.3. The number of halogens is 2. The first-order valence-electron chi connectivity index (χ1n) is 9.19. The van der Waals surface area contributed by atoms with Gasteiger partial charge in [0.25, 0.3) is 5.78 Å². The zero-order valence-electron chi connectivity index (χ0n) is 15.7. The summed E-state index contributed by atoms with van der Waals surface area (Å²) in [6.45, 7) is 0. The maximum absolute atomic E-state index is 13.6. The Morgan fingerprint density at radius 1 is 1.16 bits per heavy atom. The number of nitrogens with one attached hydrogen (secondary N) is 1. The summed E-state index contributed by atoms with van der Waals surface area (Å²) in [4.78, 5) is 34.2. The van der Waals surface area contributed by atoms with E-state index < -0.39 is 23.5 Å². The van der Waals surface area contributed by atoms with Gasteiger partial charge in [-0.1, -0.05) is 11.6 Å². The largest absolute Gasteiger partial charge is 0.507 e. The number of Topliss-reactive ketones (excluding diaryl/α,β-unsaturated/α-hetero) is 1. The standard InChI is InChI=1S/C22H13ClFN3O4/c23-12-5-3-11(4-6-12)19(28)17-18(16-2-1-9-31-16)27(21(30)20(17)29)22-25-14-8-7-13(24)10-15(14)26-22/h1-10,18,28H,(H,25,26)/b19-17+. The molecule has 2 aromatic heterocycles. The van der Waals surface area contributed by atoms with E-state index in [-0.39, 0.29) is 23.0 Å². The van der Waals surface area contributed by atoms with E-state index in [4.69, 9.17) is 16.0 Å². The molecule has 1 unspecified atom stereocenters. The molecule has 1 atom stereocenters. The minimum atomic E-state index is -1.07. The number of aromatic nitrogens is 2. The van der Waals surface area contributed by atoms with Gasteiger partial charge in [0.2, 0.25) is 5.95 Å². The molecule has 0 aliphatic carbocycles. The number of imidazole rings is 1. The van der Waals surface area contributed by atoms with Crippen LogP contribution >= 0.6 is 11.6 Å². The number of aromatic amines is 1. The number of rotatable bonds is 3. The smallest absolute Gasteiger partial charge is 0.302 e. The number of H-pyrrole nitrogens is 1. The predicted molar refractivity (Wildman–Crippen MR) is 111 cm³/mol. The Hall–Kier alpha value is -3.91. The Labute approximate surface area is 179 Å². The van der Waals surface area contributed by atoms with Crippen molar-refractivity contribution in [2.45, 2.75) is 6.04 Å². The van der Waals surface area contributed by atoms with Crippen molar-refractivity contribution in [1.29, 1.82) is 0 Å². The molecule has 2 N–H and O–H groups in total. The van der Waals surface area contributed by atoms with Crippen molar-refractivity contribution >= 4 is 46.0 Å². The van der Waals surface area contributed by atoms with Crippen molar-refractivity contribution < 1.29 is 23.5 Å². The fourth-order valence-corrected chi connectivity index (χ4v) is 3.74. The van der Waals surface area contributed by atoms with Gasteiger partial charge >= 0.3 is 5.91 Å². The van der Waals surface area contributed by atoms with Gasteiger partial charge in [-0.25, -0.2) is 9.37 Å². The van der Waals surface area contributed by atoms with Gasteiger partial charge in [0, 0.05) is 10.6 Å². The van der Waals surface area contributed by atoms with Crippen LogP contribution in [0.25, 0.3) is 16.8 Å². The number of hydrogen-bond acceptors (Lipinski definition) is 5.